The minimum Gasteiger partial charge on any atom is -0.478 e. The number of carboxylic acid groups (broad SMARTS) is 1. The first kappa shape index (κ1) is 33.6. The number of carbonyl (C=O) groups excluding carboxylic acids is 1. The van der Waals surface area contributed by atoms with E-state index in [2.05, 4.69) is 18.2 Å². The first-order chi connectivity index (χ1) is 16.0. The monoisotopic (exact) mass is 466 g/mol. The molecule has 0 aromatic rings. The van der Waals surface area contributed by atoms with E-state index >= 15 is 0 Å². The van der Waals surface area contributed by atoms with Crippen LogP contribution in [0.2, 0.25) is 0 Å². The van der Waals surface area contributed by atoms with Crippen molar-refractivity contribution < 1.29 is 19.4 Å². The topological polar surface area (TPSA) is 63.6 Å². The minimum absolute atomic E-state index is 0.330. The van der Waals surface area contributed by atoms with E-state index in [0.29, 0.717) is 12.2 Å². The summed E-state index contributed by atoms with van der Waals surface area (Å²) in [7, 11) is 0. The van der Waals surface area contributed by atoms with Crippen LogP contribution in [0.15, 0.2) is 24.3 Å². The standard InChI is InChI=1S/C22H42O2.C7H12O2/c1-3-4-5-6-7-8-9-10-11-12-13-14-15-16-17-18-19-20-21(2)22(23)24;1-3-5-6-9-7(8)4-2/h20H,3-19H2,1-2H3,(H,23,24);4H,2-3,5-6H2,1H3. The maximum atomic E-state index is 10.6. The van der Waals surface area contributed by atoms with Gasteiger partial charge < -0.3 is 9.84 Å². The van der Waals surface area contributed by atoms with Crippen LogP contribution >= 0.6 is 0 Å². The molecule has 0 rings (SSSR count). The summed E-state index contributed by atoms with van der Waals surface area (Å²) in [6.07, 6.45) is 28.0. The van der Waals surface area contributed by atoms with Gasteiger partial charge in [-0.25, -0.2) is 9.59 Å². The van der Waals surface area contributed by atoms with E-state index in [4.69, 9.17) is 5.11 Å². The van der Waals surface area contributed by atoms with Crippen LogP contribution in [0.5, 0.6) is 0 Å². The summed E-state index contributed by atoms with van der Waals surface area (Å²) >= 11 is 0. The Hall–Kier alpha value is -1.58. The predicted octanol–water partition coefficient (Wildman–Crippen LogP) is 9.18. The van der Waals surface area contributed by atoms with Crippen LogP contribution in [0, 0.1) is 0 Å². The average Bonchev–Trinajstić information content (AvgIpc) is 2.81. The zero-order valence-corrected chi connectivity index (χ0v) is 22.2. The molecule has 0 aliphatic carbocycles. The summed E-state index contributed by atoms with van der Waals surface area (Å²) in [5, 5.41) is 8.75. The van der Waals surface area contributed by atoms with E-state index < -0.39 is 5.97 Å². The molecule has 0 bridgehead atoms. The van der Waals surface area contributed by atoms with Crippen molar-refractivity contribution in [2.24, 2.45) is 0 Å². The van der Waals surface area contributed by atoms with Crippen molar-refractivity contribution in [2.75, 3.05) is 6.61 Å². The molecule has 0 aliphatic rings. The third-order valence-corrected chi connectivity index (χ3v) is 5.75. The SMILES string of the molecule is C=CC(=O)OCCCC.CCCCCCCCCCCCCCCCCCC=C(C)C(=O)O. The van der Waals surface area contributed by atoms with Crippen LogP contribution < -0.4 is 0 Å². The van der Waals surface area contributed by atoms with E-state index in [9.17, 15) is 9.59 Å². The smallest absolute Gasteiger partial charge is 0.330 e. The number of allylic oxidation sites excluding steroid dienone is 1. The second-order valence-electron chi connectivity index (χ2n) is 9.01. The lowest BCUT2D eigenvalue weighted by Crippen LogP contribution is -2.00. The van der Waals surface area contributed by atoms with Crippen molar-refractivity contribution in [1.29, 1.82) is 0 Å². The summed E-state index contributed by atoms with van der Waals surface area (Å²) in [5.41, 5.74) is 0.482. The summed E-state index contributed by atoms with van der Waals surface area (Å²) in [6.45, 7) is 9.78. The molecule has 4 heteroatoms. The second kappa shape index (κ2) is 28.5. The highest BCUT2D eigenvalue weighted by atomic mass is 16.5. The molecule has 0 amide bonds. The van der Waals surface area contributed by atoms with Crippen molar-refractivity contribution in [3.05, 3.63) is 24.3 Å². The predicted molar refractivity (Wildman–Crippen MR) is 142 cm³/mol. The second-order valence-corrected chi connectivity index (χ2v) is 9.01. The molecule has 0 saturated carbocycles. The van der Waals surface area contributed by atoms with Crippen molar-refractivity contribution in [1.82, 2.24) is 0 Å². The van der Waals surface area contributed by atoms with Crippen LogP contribution in [0.4, 0.5) is 0 Å². The molecule has 0 radical (unpaired) electrons. The van der Waals surface area contributed by atoms with E-state index in [0.717, 1.165) is 25.7 Å². The highest BCUT2D eigenvalue weighted by Gasteiger charge is 1.98. The Morgan fingerprint density at radius 2 is 1.09 bits per heavy atom. The fourth-order valence-corrected chi connectivity index (χ4v) is 3.47. The first-order valence-corrected chi connectivity index (χ1v) is 13.7. The van der Waals surface area contributed by atoms with Crippen LogP contribution in [-0.4, -0.2) is 23.7 Å². The van der Waals surface area contributed by atoms with Crippen LogP contribution in [0.1, 0.15) is 143 Å². The normalized spacial score (nSPS) is 10.9. The molecular formula is C29H54O4. The molecule has 0 heterocycles. The van der Waals surface area contributed by atoms with Gasteiger partial charge in [0.15, 0.2) is 0 Å². The van der Waals surface area contributed by atoms with Gasteiger partial charge in [-0.3, -0.25) is 0 Å². The molecule has 0 aromatic carbocycles. The minimum atomic E-state index is -0.786. The van der Waals surface area contributed by atoms with Crippen molar-refractivity contribution >= 4 is 11.9 Å². The molecule has 1 N–H and O–H groups in total. The summed E-state index contributed by atoms with van der Waals surface area (Å²) < 4.78 is 4.67. The number of aliphatic carboxylic acids is 1. The van der Waals surface area contributed by atoms with E-state index in [1.165, 1.54) is 102 Å². The summed E-state index contributed by atoms with van der Waals surface area (Å²) in [6, 6.07) is 0. The Balaban J connectivity index is 0. The highest BCUT2D eigenvalue weighted by Crippen LogP contribution is 2.14. The zero-order valence-electron chi connectivity index (χ0n) is 22.2. The van der Waals surface area contributed by atoms with Crippen molar-refractivity contribution in [3.8, 4) is 0 Å². The van der Waals surface area contributed by atoms with Gasteiger partial charge in [0, 0.05) is 11.6 Å². The Labute approximate surface area is 205 Å². The fourth-order valence-electron chi connectivity index (χ4n) is 3.47. The lowest BCUT2D eigenvalue weighted by atomic mass is 10.0. The average molecular weight is 467 g/mol. The van der Waals surface area contributed by atoms with Gasteiger partial charge in [0.05, 0.1) is 6.61 Å². The number of rotatable bonds is 22. The number of hydrogen-bond donors (Lipinski definition) is 1. The number of hydrogen-bond acceptors (Lipinski definition) is 3. The van der Waals surface area contributed by atoms with Gasteiger partial charge in [-0.2, -0.15) is 0 Å². The van der Waals surface area contributed by atoms with Crippen molar-refractivity contribution in [2.45, 2.75) is 143 Å². The summed E-state index contributed by atoms with van der Waals surface area (Å²) in [5.74, 6) is -1.12. The quantitative estimate of drug-likeness (QED) is 0.0981. The maximum Gasteiger partial charge on any atom is 0.330 e. The van der Waals surface area contributed by atoms with Gasteiger partial charge in [-0.15, -0.1) is 0 Å². The Morgan fingerprint density at radius 3 is 1.45 bits per heavy atom. The lowest BCUT2D eigenvalue weighted by molar-refractivity contribution is -0.138. The van der Waals surface area contributed by atoms with Gasteiger partial charge in [0.1, 0.15) is 0 Å². The molecule has 33 heavy (non-hydrogen) atoms. The zero-order chi connectivity index (χ0) is 25.0. The van der Waals surface area contributed by atoms with E-state index in [1.54, 1.807) is 6.92 Å². The largest absolute Gasteiger partial charge is 0.478 e. The molecule has 0 aliphatic heterocycles. The highest BCUT2D eigenvalue weighted by molar-refractivity contribution is 5.85. The van der Waals surface area contributed by atoms with E-state index in [-0.39, 0.29) is 5.97 Å². The third-order valence-electron chi connectivity index (χ3n) is 5.75. The van der Waals surface area contributed by atoms with Gasteiger partial charge in [-0.05, 0) is 26.2 Å². The van der Waals surface area contributed by atoms with E-state index in [1.807, 2.05) is 13.0 Å². The molecule has 0 atom stereocenters. The van der Waals surface area contributed by atoms with Crippen LogP contribution in [-0.2, 0) is 14.3 Å². The Bertz CT molecular complexity index is 482. The lowest BCUT2D eigenvalue weighted by Gasteiger charge is -2.03. The van der Waals surface area contributed by atoms with Crippen LogP contribution in [0.3, 0.4) is 0 Å². The molecular weight excluding hydrogens is 412 g/mol. The molecule has 0 unspecified atom stereocenters. The van der Waals surface area contributed by atoms with Crippen LogP contribution in [0.25, 0.3) is 0 Å². The Kier molecular flexibility index (Phi) is 29.0. The molecule has 194 valence electrons. The molecule has 0 saturated heterocycles. The summed E-state index contributed by atoms with van der Waals surface area (Å²) in [4.78, 5) is 21.0. The maximum absolute atomic E-state index is 10.6. The van der Waals surface area contributed by atoms with Crippen molar-refractivity contribution in [3.63, 3.8) is 0 Å². The molecule has 0 spiro atoms. The molecule has 0 aromatic heterocycles. The molecule has 4 nitrogen and oxygen atoms in total. The fraction of sp³-hybridized carbons (Fsp3) is 0.793. The molecule has 0 fully saturated rings. The van der Waals surface area contributed by atoms with Gasteiger partial charge in [0.2, 0.25) is 0 Å². The van der Waals surface area contributed by atoms with Gasteiger partial charge in [0.25, 0.3) is 0 Å². The number of esters is 1. The first-order valence-electron chi connectivity index (χ1n) is 13.7. The third kappa shape index (κ3) is 30.4. The Morgan fingerprint density at radius 1 is 0.697 bits per heavy atom. The number of unbranched alkanes of at least 4 members (excludes halogenated alkanes) is 17. The number of carboxylic acids is 1. The van der Waals surface area contributed by atoms with Gasteiger partial charge >= 0.3 is 11.9 Å². The number of carbonyl (C=O) groups is 2. The van der Waals surface area contributed by atoms with Gasteiger partial charge in [-0.1, -0.05) is 129 Å². The number of ether oxygens (including phenoxy) is 1.